The summed E-state index contributed by atoms with van der Waals surface area (Å²) in [4.78, 5) is 14.2. The first-order valence-electron chi connectivity index (χ1n) is 7.20. The van der Waals surface area contributed by atoms with Gasteiger partial charge in [-0.2, -0.15) is 0 Å². The van der Waals surface area contributed by atoms with Crippen LogP contribution in [0.1, 0.15) is 32.4 Å². The third-order valence-corrected chi connectivity index (χ3v) is 3.80. The molecule has 0 saturated carbocycles. The molecule has 1 aromatic rings. The molecule has 0 radical (unpaired) electrons. The van der Waals surface area contributed by atoms with Crippen molar-refractivity contribution in [2.24, 2.45) is 11.1 Å². The number of ether oxygens (including phenoxy) is 1. The Balaban J connectivity index is 2.09. The average Bonchev–Trinajstić information content (AvgIpc) is 2.45. The van der Waals surface area contributed by atoms with Crippen molar-refractivity contribution in [1.82, 2.24) is 4.90 Å². The van der Waals surface area contributed by atoms with Gasteiger partial charge in [-0.05, 0) is 23.1 Å². The van der Waals surface area contributed by atoms with Crippen molar-refractivity contribution in [2.45, 2.75) is 32.9 Å². The monoisotopic (exact) mass is 294 g/mol. The predicted octanol–water partition coefficient (Wildman–Crippen LogP) is 2.10. The van der Waals surface area contributed by atoms with Crippen molar-refractivity contribution in [3.63, 3.8) is 0 Å². The zero-order valence-electron chi connectivity index (χ0n) is 12.8. The smallest absolute Gasteiger partial charge is 0.240 e. The largest absolute Gasteiger partial charge is 0.370 e. The second kappa shape index (κ2) is 6.12. The lowest BCUT2D eigenvalue weighted by Gasteiger charge is -2.37. The number of rotatable bonds is 2. The van der Waals surface area contributed by atoms with Gasteiger partial charge in [0.1, 0.15) is 11.9 Å². The molecule has 5 heteroatoms. The minimum atomic E-state index is -0.552. The number of carbonyl (C=O) groups excluding carboxylic acids is 1. The molecule has 1 amide bonds. The van der Waals surface area contributed by atoms with Crippen LogP contribution >= 0.6 is 0 Å². The molecule has 2 N–H and O–H groups in total. The Morgan fingerprint density at radius 2 is 2.19 bits per heavy atom. The molecule has 1 aliphatic heterocycles. The van der Waals surface area contributed by atoms with Gasteiger partial charge in [0.25, 0.3) is 0 Å². The van der Waals surface area contributed by atoms with E-state index in [0.29, 0.717) is 19.7 Å². The molecule has 1 aromatic carbocycles. The number of hydrogen-bond donors (Lipinski definition) is 1. The van der Waals surface area contributed by atoms with Gasteiger partial charge in [-0.1, -0.05) is 32.9 Å². The van der Waals surface area contributed by atoms with Crippen molar-refractivity contribution in [1.29, 1.82) is 0 Å². The molecule has 2 rings (SSSR count). The number of benzene rings is 1. The number of hydrogen-bond acceptors (Lipinski definition) is 3. The van der Waals surface area contributed by atoms with Crippen molar-refractivity contribution >= 4 is 5.91 Å². The third-order valence-electron chi connectivity index (χ3n) is 3.80. The molecule has 1 heterocycles. The molecule has 1 saturated heterocycles. The van der Waals surface area contributed by atoms with Crippen molar-refractivity contribution in [3.05, 3.63) is 35.6 Å². The summed E-state index contributed by atoms with van der Waals surface area (Å²) in [6, 6.07) is 5.75. The van der Waals surface area contributed by atoms with Gasteiger partial charge in [0.15, 0.2) is 0 Å². The molecule has 0 unspecified atom stereocenters. The van der Waals surface area contributed by atoms with Gasteiger partial charge in [-0.25, -0.2) is 4.39 Å². The van der Waals surface area contributed by atoms with Crippen LogP contribution in [-0.2, 0) is 9.53 Å². The molecule has 116 valence electrons. The van der Waals surface area contributed by atoms with Crippen LogP contribution in [0.25, 0.3) is 0 Å². The van der Waals surface area contributed by atoms with Crippen LogP contribution in [0.2, 0.25) is 0 Å². The number of carbonyl (C=O) groups is 1. The first kappa shape index (κ1) is 15.9. The minimum Gasteiger partial charge on any atom is -0.370 e. The maximum atomic E-state index is 13.3. The van der Waals surface area contributed by atoms with Crippen LogP contribution < -0.4 is 5.73 Å². The van der Waals surface area contributed by atoms with E-state index in [0.717, 1.165) is 5.56 Å². The minimum absolute atomic E-state index is 0.0767. The Morgan fingerprint density at radius 3 is 2.81 bits per heavy atom. The van der Waals surface area contributed by atoms with Crippen molar-refractivity contribution < 1.29 is 13.9 Å². The summed E-state index contributed by atoms with van der Waals surface area (Å²) >= 11 is 0. The highest BCUT2D eigenvalue weighted by Gasteiger charge is 2.34. The number of nitrogens with zero attached hydrogens (tertiary/aromatic N) is 1. The van der Waals surface area contributed by atoms with Crippen molar-refractivity contribution in [2.75, 3.05) is 19.7 Å². The first-order chi connectivity index (χ1) is 9.79. The molecule has 0 aliphatic carbocycles. The quantitative estimate of drug-likeness (QED) is 0.909. The fourth-order valence-corrected chi connectivity index (χ4v) is 2.33. The third kappa shape index (κ3) is 3.80. The van der Waals surface area contributed by atoms with Crippen LogP contribution in [0.3, 0.4) is 0 Å². The van der Waals surface area contributed by atoms with E-state index in [1.807, 2.05) is 26.8 Å². The molecule has 4 nitrogen and oxygen atoms in total. The lowest BCUT2D eigenvalue weighted by molar-refractivity contribution is -0.142. The summed E-state index contributed by atoms with van der Waals surface area (Å²) in [6.45, 7) is 7.20. The fourth-order valence-electron chi connectivity index (χ4n) is 2.33. The van der Waals surface area contributed by atoms with Crippen molar-refractivity contribution in [3.8, 4) is 0 Å². The Hall–Kier alpha value is -1.46. The lowest BCUT2D eigenvalue weighted by atomic mass is 9.86. The summed E-state index contributed by atoms with van der Waals surface area (Å²) in [6.07, 6.45) is -0.300. The first-order valence-corrected chi connectivity index (χ1v) is 7.20. The van der Waals surface area contributed by atoms with Gasteiger partial charge in [-0.15, -0.1) is 0 Å². The van der Waals surface area contributed by atoms with E-state index in [-0.39, 0.29) is 23.2 Å². The van der Waals surface area contributed by atoms with Crippen LogP contribution in [-0.4, -0.2) is 36.5 Å². The molecule has 2 atom stereocenters. The van der Waals surface area contributed by atoms with E-state index in [4.69, 9.17) is 10.5 Å². The Labute approximate surface area is 125 Å². The zero-order chi connectivity index (χ0) is 15.6. The zero-order valence-corrected chi connectivity index (χ0v) is 12.8. The molecule has 0 aromatic heterocycles. The van der Waals surface area contributed by atoms with Crippen LogP contribution in [0, 0.1) is 11.2 Å². The summed E-state index contributed by atoms with van der Waals surface area (Å²) in [5.41, 5.74) is 6.50. The van der Waals surface area contributed by atoms with E-state index in [9.17, 15) is 9.18 Å². The van der Waals surface area contributed by atoms with Gasteiger partial charge < -0.3 is 15.4 Å². The SMILES string of the molecule is CC(C)(C)[C@H](N)C(=O)N1CCO[C@H](c2cccc(F)c2)C1. The predicted molar refractivity (Wildman–Crippen MR) is 79.1 cm³/mol. The highest BCUT2D eigenvalue weighted by atomic mass is 19.1. The number of halogens is 1. The highest BCUT2D eigenvalue weighted by Crippen LogP contribution is 2.25. The van der Waals surface area contributed by atoms with Gasteiger partial charge in [0.05, 0.1) is 19.2 Å². The average molecular weight is 294 g/mol. The van der Waals surface area contributed by atoms with E-state index < -0.39 is 6.04 Å². The molecular weight excluding hydrogens is 271 g/mol. The molecule has 1 aliphatic rings. The normalized spacial score (nSPS) is 21.2. The van der Waals surface area contributed by atoms with E-state index in [2.05, 4.69) is 0 Å². The van der Waals surface area contributed by atoms with E-state index >= 15 is 0 Å². The van der Waals surface area contributed by atoms with Crippen LogP contribution in [0.5, 0.6) is 0 Å². The molecule has 21 heavy (non-hydrogen) atoms. The fraction of sp³-hybridized carbons (Fsp3) is 0.562. The highest BCUT2D eigenvalue weighted by molar-refractivity contribution is 5.82. The molecule has 0 spiro atoms. The van der Waals surface area contributed by atoms with Gasteiger partial charge in [-0.3, -0.25) is 4.79 Å². The summed E-state index contributed by atoms with van der Waals surface area (Å²) in [5.74, 6) is -0.377. The van der Waals surface area contributed by atoms with Gasteiger partial charge in [0.2, 0.25) is 5.91 Å². The van der Waals surface area contributed by atoms with E-state index in [1.165, 1.54) is 12.1 Å². The number of amides is 1. The lowest BCUT2D eigenvalue weighted by Crippen LogP contribution is -2.53. The summed E-state index contributed by atoms with van der Waals surface area (Å²) in [5, 5.41) is 0. The Kier molecular flexibility index (Phi) is 4.64. The van der Waals surface area contributed by atoms with E-state index in [1.54, 1.807) is 11.0 Å². The van der Waals surface area contributed by atoms with Gasteiger partial charge >= 0.3 is 0 Å². The topological polar surface area (TPSA) is 55.6 Å². The second-order valence-corrected chi connectivity index (χ2v) is 6.54. The summed E-state index contributed by atoms with van der Waals surface area (Å²) < 4.78 is 19.0. The molecule has 0 bridgehead atoms. The second-order valence-electron chi connectivity index (χ2n) is 6.54. The van der Waals surface area contributed by atoms with Crippen LogP contribution in [0.15, 0.2) is 24.3 Å². The molecule has 1 fully saturated rings. The Bertz CT molecular complexity index is 513. The summed E-state index contributed by atoms with van der Waals surface area (Å²) in [7, 11) is 0. The van der Waals surface area contributed by atoms with Crippen LogP contribution in [0.4, 0.5) is 4.39 Å². The maximum absolute atomic E-state index is 13.3. The maximum Gasteiger partial charge on any atom is 0.240 e. The number of nitrogens with two attached hydrogens (primary N) is 1. The standard InChI is InChI=1S/C16H23FN2O2/c1-16(2,3)14(18)15(20)19-7-8-21-13(10-19)11-5-4-6-12(17)9-11/h4-6,9,13-14H,7-8,10,18H2,1-3H3/t13-,14+/m0/s1. The Morgan fingerprint density at radius 1 is 1.48 bits per heavy atom. The number of morpholine rings is 1. The molecular formula is C16H23FN2O2. The van der Waals surface area contributed by atoms with Gasteiger partial charge in [0, 0.05) is 6.54 Å².